The van der Waals surface area contributed by atoms with E-state index in [2.05, 4.69) is 133 Å². The third kappa shape index (κ3) is 4.12. The largest absolute Gasteiger partial charge is 0.507 e. The number of phenolic OH excluding ortho intramolecular Hbond substituents is 2. The molecule has 0 fully saturated rings. The van der Waals surface area contributed by atoms with Gasteiger partial charge in [0.15, 0.2) is 0 Å². The van der Waals surface area contributed by atoms with Gasteiger partial charge in [-0.2, -0.15) is 0 Å². The van der Waals surface area contributed by atoms with Crippen molar-refractivity contribution < 1.29 is 10.2 Å². The second-order valence-corrected chi connectivity index (χ2v) is 12.4. The highest BCUT2D eigenvalue weighted by Crippen LogP contribution is 2.57. The second-order valence-electron chi connectivity index (χ2n) is 12.4. The van der Waals surface area contributed by atoms with Gasteiger partial charge in [0.1, 0.15) is 11.5 Å². The van der Waals surface area contributed by atoms with E-state index in [4.69, 9.17) is 0 Å². The fourth-order valence-corrected chi connectivity index (χ4v) is 7.74. The summed E-state index contributed by atoms with van der Waals surface area (Å²) in [6, 6.07) is 58.6. The quantitative estimate of drug-likeness (QED) is 0.210. The first kappa shape index (κ1) is 27.2. The van der Waals surface area contributed by atoms with Crippen molar-refractivity contribution in [3.05, 3.63) is 192 Å². The molecule has 2 nitrogen and oxygen atoms in total. The molecule has 222 valence electrons. The molecule has 9 rings (SSSR count). The molecule has 0 saturated heterocycles. The number of benzene rings is 8. The van der Waals surface area contributed by atoms with Crippen molar-refractivity contribution in [2.24, 2.45) is 0 Å². The van der Waals surface area contributed by atoms with Crippen LogP contribution in [0, 0.1) is 0 Å². The van der Waals surface area contributed by atoms with E-state index in [0.717, 1.165) is 54.9 Å². The van der Waals surface area contributed by atoms with Gasteiger partial charge in [-0.05, 0) is 102 Å². The molecule has 8 aromatic carbocycles. The number of hydrogen-bond donors (Lipinski definition) is 2. The Morgan fingerprint density at radius 1 is 0.319 bits per heavy atom. The zero-order valence-electron chi connectivity index (χ0n) is 25.6. The van der Waals surface area contributed by atoms with Crippen molar-refractivity contribution in [1.82, 2.24) is 0 Å². The Balaban J connectivity index is 1.33. The van der Waals surface area contributed by atoms with Crippen molar-refractivity contribution in [2.45, 2.75) is 5.41 Å². The van der Waals surface area contributed by atoms with Crippen LogP contribution in [-0.4, -0.2) is 10.2 Å². The molecule has 1 aliphatic carbocycles. The lowest BCUT2D eigenvalue weighted by atomic mass is 9.67. The minimum atomic E-state index is -0.703. The fourth-order valence-electron chi connectivity index (χ4n) is 7.74. The van der Waals surface area contributed by atoms with E-state index in [-0.39, 0.29) is 11.5 Å². The number of hydrogen-bond acceptors (Lipinski definition) is 2. The van der Waals surface area contributed by atoms with Gasteiger partial charge in [-0.15, -0.1) is 0 Å². The summed E-state index contributed by atoms with van der Waals surface area (Å²) >= 11 is 0. The fraction of sp³-hybridized carbons (Fsp3) is 0.0222. The van der Waals surface area contributed by atoms with Crippen LogP contribution in [0.1, 0.15) is 22.3 Å². The highest BCUT2D eigenvalue weighted by molar-refractivity contribution is 5.92. The van der Waals surface area contributed by atoms with E-state index in [1.807, 2.05) is 36.4 Å². The summed E-state index contributed by atoms with van der Waals surface area (Å²) in [7, 11) is 0. The van der Waals surface area contributed by atoms with E-state index < -0.39 is 5.41 Å². The molecule has 0 bridgehead atoms. The predicted molar refractivity (Wildman–Crippen MR) is 193 cm³/mol. The maximum absolute atomic E-state index is 11.3. The highest BCUT2D eigenvalue weighted by Gasteiger charge is 2.46. The Morgan fingerprint density at radius 3 is 1.19 bits per heavy atom. The van der Waals surface area contributed by atoms with Gasteiger partial charge in [0.25, 0.3) is 0 Å². The minimum Gasteiger partial charge on any atom is -0.507 e. The van der Waals surface area contributed by atoms with Crippen LogP contribution in [0.3, 0.4) is 0 Å². The highest BCUT2D eigenvalue weighted by atomic mass is 16.3. The van der Waals surface area contributed by atoms with Crippen LogP contribution >= 0.6 is 0 Å². The summed E-state index contributed by atoms with van der Waals surface area (Å²) < 4.78 is 0. The third-order valence-electron chi connectivity index (χ3n) is 9.93. The number of aromatic hydroxyl groups is 2. The Hall–Kier alpha value is -6.12. The molecule has 0 aliphatic heterocycles. The van der Waals surface area contributed by atoms with Crippen molar-refractivity contribution in [3.63, 3.8) is 0 Å². The molecule has 0 saturated carbocycles. The first-order valence-corrected chi connectivity index (χ1v) is 16.0. The van der Waals surface area contributed by atoms with Crippen LogP contribution in [0.25, 0.3) is 54.9 Å². The molecule has 0 heterocycles. The predicted octanol–water partition coefficient (Wildman–Crippen LogP) is 11.1. The van der Waals surface area contributed by atoms with Crippen molar-refractivity contribution in [1.29, 1.82) is 0 Å². The summed E-state index contributed by atoms with van der Waals surface area (Å²) in [6.45, 7) is 0. The second kappa shape index (κ2) is 10.5. The minimum absolute atomic E-state index is 0.237. The maximum Gasteiger partial charge on any atom is 0.123 e. The first-order valence-electron chi connectivity index (χ1n) is 16.0. The third-order valence-corrected chi connectivity index (χ3v) is 9.93. The standard InChI is InChI=1S/C45H30O2/c46-43-23-21-35(27-39(43)33-19-17-29-9-1-3-11-31(29)25-33)45(41-15-7-5-13-37(41)38-14-6-8-16-42(38)45)36-22-24-44(47)40(28-36)34-20-18-30-10-2-4-12-32(30)26-34/h1-28,46-47H. The van der Waals surface area contributed by atoms with Gasteiger partial charge in [-0.25, -0.2) is 0 Å². The van der Waals surface area contributed by atoms with Gasteiger partial charge in [0.2, 0.25) is 0 Å². The molecule has 1 aliphatic rings. The van der Waals surface area contributed by atoms with Crippen LogP contribution in [0.5, 0.6) is 11.5 Å². The molecule has 47 heavy (non-hydrogen) atoms. The van der Waals surface area contributed by atoms with E-state index in [9.17, 15) is 10.2 Å². The molecular formula is C45H30O2. The summed E-state index contributed by atoms with van der Waals surface area (Å²) in [5.41, 5.74) is 9.58. The summed E-state index contributed by atoms with van der Waals surface area (Å²) in [5, 5.41) is 27.2. The molecular weight excluding hydrogens is 572 g/mol. The lowest BCUT2D eigenvalue weighted by Crippen LogP contribution is -2.28. The Kier molecular flexibility index (Phi) is 6.06. The number of fused-ring (bicyclic) bond motifs is 5. The zero-order chi connectivity index (χ0) is 31.5. The molecule has 0 amide bonds. The van der Waals surface area contributed by atoms with E-state index >= 15 is 0 Å². The molecule has 0 atom stereocenters. The number of rotatable bonds is 4. The topological polar surface area (TPSA) is 40.5 Å². The average Bonchev–Trinajstić information content (AvgIpc) is 3.43. The smallest absolute Gasteiger partial charge is 0.123 e. The van der Waals surface area contributed by atoms with Crippen molar-refractivity contribution in [2.75, 3.05) is 0 Å². The Labute approximate surface area is 273 Å². The molecule has 2 heteroatoms. The molecule has 0 radical (unpaired) electrons. The summed E-state index contributed by atoms with van der Waals surface area (Å²) in [6.07, 6.45) is 0. The molecule has 0 spiro atoms. The normalized spacial score (nSPS) is 13.0. The van der Waals surface area contributed by atoms with Crippen molar-refractivity contribution >= 4 is 21.5 Å². The van der Waals surface area contributed by atoms with Gasteiger partial charge in [0, 0.05) is 11.1 Å². The monoisotopic (exact) mass is 602 g/mol. The van der Waals surface area contributed by atoms with Gasteiger partial charge in [-0.3, -0.25) is 0 Å². The van der Waals surface area contributed by atoms with E-state index in [1.165, 1.54) is 22.3 Å². The summed E-state index contributed by atoms with van der Waals surface area (Å²) in [5.74, 6) is 0.475. The van der Waals surface area contributed by atoms with Gasteiger partial charge in [0.05, 0.1) is 5.41 Å². The summed E-state index contributed by atoms with van der Waals surface area (Å²) in [4.78, 5) is 0. The Bertz CT molecular complexity index is 2330. The van der Waals surface area contributed by atoms with Gasteiger partial charge in [-0.1, -0.05) is 133 Å². The number of phenols is 2. The van der Waals surface area contributed by atoms with Crippen LogP contribution in [0.15, 0.2) is 170 Å². The average molecular weight is 603 g/mol. The molecule has 0 unspecified atom stereocenters. The SMILES string of the molecule is Oc1ccc(C2(c3ccc(O)c(-c4ccc5ccccc5c4)c3)c3ccccc3-c3ccccc32)cc1-c1ccc2ccccc2c1. The van der Waals surface area contributed by atoms with Crippen LogP contribution < -0.4 is 0 Å². The van der Waals surface area contributed by atoms with Crippen LogP contribution in [0.2, 0.25) is 0 Å². The molecule has 2 N–H and O–H groups in total. The lowest BCUT2D eigenvalue weighted by Gasteiger charge is -2.34. The van der Waals surface area contributed by atoms with Gasteiger partial charge < -0.3 is 10.2 Å². The molecule has 0 aromatic heterocycles. The van der Waals surface area contributed by atoms with Gasteiger partial charge >= 0.3 is 0 Å². The lowest BCUT2D eigenvalue weighted by molar-refractivity contribution is 0.477. The molecule has 8 aromatic rings. The Morgan fingerprint density at radius 2 is 0.723 bits per heavy atom. The van der Waals surface area contributed by atoms with Crippen LogP contribution in [0.4, 0.5) is 0 Å². The van der Waals surface area contributed by atoms with Crippen LogP contribution in [-0.2, 0) is 5.41 Å². The van der Waals surface area contributed by atoms with E-state index in [1.54, 1.807) is 0 Å². The van der Waals surface area contributed by atoms with Crippen molar-refractivity contribution in [3.8, 4) is 44.9 Å². The maximum atomic E-state index is 11.3. The van der Waals surface area contributed by atoms with E-state index in [0.29, 0.717) is 0 Å². The first-order chi connectivity index (χ1) is 23.1. The zero-order valence-corrected chi connectivity index (χ0v) is 25.6.